The molecule has 0 bridgehead atoms. The minimum absolute atomic E-state index is 0.0280. The first kappa shape index (κ1) is 13.8. The Morgan fingerprint density at radius 1 is 1.68 bits per heavy atom. The van der Waals surface area contributed by atoms with E-state index < -0.39 is 6.04 Å². The van der Waals surface area contributed by atoms with E-state index in [0.717, 1.165) is 18.4 Å². The molecule has 1 fully saturated rings. The van der Waals surface area contributed by atoms with Gasteiger partial charge in [0.05, 0.1) is 6.20 Å². The highest BCUT2D eigenvalue weighted by atomic mass is 16.2. The Morgan fingerprint density at radius 2 is 2.37 bits per heavy atom. The van der Waals surface area contributed by atoms with Crippen molar-refractivity contribution in [3.8, 4) is 0 Å². The molecule has 1 aliphatic carbocycles. The van der Waals surface area contributed by atoms with Crippen LogP contribution in [0.5, 0.6) is 0 Å². The molecule has 0 aromatic carbocycles. The monoisotopic (exact) mass is 262 g/mol. The van der Waals surface area contributed by atoms with Gasteiger partial charge in [0, 0.05) is 31.4 Å². The first-order valence-electron chi connectivity index (χ1n) is 6.79. The van der Waals surface area contributed by atoms with Crippen molar-refractivity contribution in [3.63, 3.8) is 0 Å². The lowest BCUT2D eigenvalue weighted by atomic mass is 10.1. The number of rotatable bonds is 5. The molecule has 5 nitrogen and oxygen atoms in total. The third kappa shape index (κ3) is 3.04. The van der Waals surface area contributed by atoms with E-state index in [-0.39, 0.29) is 5.91 Å². The topological polar surface area (TPSA) is 64.2 Å². The van der Waals surface area contributed by atoms with Crippen molar-refractivity contribution in [1.29, 1.82) is 0 Å². The van der Waals surface area contributed by atoms with Crippen LogP contribution in [0.4, 0.5) is 0 Å². The summed E-state index contributed by atoms with van der Waals surface area (Å²) in [5.41, 5.74) is 6.84. The fourth-order valence-corrected chi connectivity index (χ4v) is 2.70. The van der Waals surface area contributed by atoms with Crippen molar-refractivity contribution in [3.05, 3.63) is 30.6 Å². The van der Waals surface area contributed by atoms with Crippen LogP contribution in [-0.4, -0.2) is 33.2 Å². The molecule has 1 unspecified atom stereocenters. The van der Waals surface area contributed by atoms with Gasteiger partial charge in [-0.25, -0.2) is 0 Å². The number of hydrogen-bond donors (Lipinski definition) is 1. The SMILES string of the molecule is C=CCN(C(=O)C(N)c1cnn(C)c1)C1CCCC1. The van der Waals surface area contributed by atoms with Gasteiger partial charge in [-0.05, 0) is 12.8 Å². The normalized spacial score (nSPS) is 17.4. The van der Waals surface area contributed by atoms with Crippen LogP contribution in [0.3, 0.4) is 0 Å². The summed E-state index contributed by atoms with van der Waals surface area (Å²) in [6.45, 7) is 4.31. The van der Waals surface area contributed by atoms with Crippen molar-refractivity contribution < 1.29 is 4.79 Å². The van der Waals surface area contributed by atoms with Gasteiger partial charge in [-0.1, -0.05) is 18.9 Å². The molecule has 1 atom stereocenters. The maximum Gasteiger partial charge on any atom is 0.244 e. The van der Waals surface area contributed by atoms with E-state index in [0.29, 0.717) is 12.6 Å². The Morgan fingerprint density at radius 3 is 2.89 bits per heavy atom. The van der Waals surface area contributed by atoms with Gasteiger partial charge in [0.1, 0.15) is 6.04 Å². The van der Waals surface area contributed by atoms with Crippen LogP contribution in [-0.2, 0) is 11.8 Å². The maximum absolute atomic E-state index is 12.5. The molecule has 1 saturated carbocycles. The Bertz CT molecular complexity index is 448. The van der Waals surface area contributed by atoms with E-state index >= 15 is 0 Å². The number of carbonyl (C=O) groups excluding carboxylic acids is 1. The number of carbonyl (C=O) groups is 1. The van der Waals surface area contributed by atoms with Gasteiger partial charge in [0.15, 0.2) is 0 Å². The van der Waals surface area contributed by atoms with E-state index in [4.69, 9.17) is 5.73 Å². The zero-order valence-electron chi connectivity index (χ0n) is 11.5. The summed E-state index contributed by atoms with van der Waals surface area (Å²) in [7, 11) is 1.82. The second-order valence-electron chi connectivity index (χ2n) is 5.14. The summed E-state index contributed by atoms with van der Waals surface area (Å²) in [6, 6.07) is -0.317. The molecular weight excluding hydrogens is 240 g/mol. The van der Waals surface area contributed by atoms with Crippen LogP contribution in [0, 0.1) is 0 Å². The lowest BCUT2D eigenvalue weighted by molar-refractivity contribution is -0.134. The predicted molar refractivity (Wildman–Crippen MR) is 74.3 cm³/mol. The third-order valence-electron chi connectivity index (χ3n) is 3.72. The average molecular weight is 262 g/mol. The first-order valence-corrected chi connectivity index (χ1v) is 6.79. The molecule has 1 aromatic rings. The lowest BCUT2D eigenvalue weighted by Gasteiger charge is -2.30. The molecule has 1 aromatic heterocycles. The highest BCUT2D eigenvalue weighted by Gasteiger charge is 2.30. The van der Waals surface area contributed by atoms with Crippen molar-refractivity contribution >= 4 is 5.91 Å². The molecule has 1 heterocycles. The van der Waals surface area contributed by atoms with Crippen molar-refractivity contribution in [2.45, 2.75) is 37.8 Å². The molecule has 1 amide bonds. The third-order valence-corrected chi connectivity index (χ3v) is 3.72. The minimum atomic E-state index is -0.630. The smallest absolute Gasteiger partial charge is 0.244 e. The van der Waals surface area contributed by atoms with Crippen molar-refractivity contribution in [1.82, 2.24) is 14.7 Å². The fraction of sp³-hybridized carbons (Fsp3) is 0.571. The Hall–Kier alpha value is -1.62. The summed E-state index contributed by atoms with van der Waals surface area (Å²) < 4.78 is 1.66. The van der Waals surface area contributed by atoms with Gasteiger partial charge in [-0.15, -0.1) is 6.58 Å². The quantitative estimate of drug-likeness (QED) is 0.815. The minimum Gasteiger partial charge on any atom is -0.334 e. The molecule has 0 aliphatic heterocycles. The Labute approximate surface area is 114 Å². The largest absolute Gasteiger partial charge is 0.334 e. The number of amides is 1. The van der Waals surface area contributed by atoms with E-state index in [9.17, 15) is 4.79 Å². The molecule has 104 valence electrons. The number of aryl methyl sites for hydroxylation is 1. The van der Waals surface area contributed by atoms with Crippen LogP contribution >= 0.6 is 0 Å². The van der Waals surface area contributed by atoms with Gasteiger partial charge < -0.3 is 10.6 Å². The fourth-order valence-electron chi connectivity index (χ4n) is 2.70. The van der Waals surface area contributed by atoms with Gasteiger partial charge in [-0.3, -0.25) is 9.48 Å². The standard InChI is InChI=1S/C14H22N4O/c1-3-8-18(12-6-4-5-7-12)14(19)13(15)11-9-16-17(2)10-11/h3,9-10,12-13H,1,4-8,15H2,2H3. The van der Waals surface area contributed by atoms with Gasteiger partial charge >= 0.3 is 0 Å². The molecule has 5 heteroatoms. The zero-order valence-corrected chi connectivity index (χ0v) is 11.5. The van der Waals surface area contributed by atoms with E-state index in [1.807, 2.05) is 11.9 Å². The molecule has 0 saturated heterocycles. The highest BCUT2D eigenvalue weighted by molar-refractivity contribution is 5.83. The Balaban J connectivity index is 2.11. The average Bonchev–Trinajstić information content (AvgIpc) is 3.05. The second-order valence-corrected chi connectivity index (χ2v) is 5.14. The van der Waals surface area contributed by atoms with Gasteiger partial charge in [-0.2, -0.15) is 5.10 Å². The number of nitrogens with two attached hydrogens (primary N) is 1. The number of nitrogens with zero attached hydrogens (tertiary/aromatic N) is 3. The van der Waals surface area contributed by atoms with Gasteiger partial charge in [0.25, 0.3) is 0 Å². The summed E-state index contributed by atoms with van der Waals surface area (Å²) in [4.78, 5) is 14.4. The van der Waals surface area contributed by atoms with E-state index in [2.05, 4.69) is 11.7 Å². The van der Waals surface area contributed by atoms with Crippen LogP contribution < -0.4 is 5.73 Å². The summed E-state index contributed by atoms with van der Waals surface area (Å²) in [6.07, 6.45) is 9.74. The van der Waals surface area contributed by atoms with Crippen LogP contribution in [0.2, 0.25) is 0 Å². The summed E-state index contributed by atoms with van der Waals surface area (Å²) >= 11 is 0. The molecule has 0 radical (unpaired) electrons. The molecule has 2 N–H and O–H groups in total. The lowest BCUT2D eigenvalue weighted by Crippen LogP contribution is -2.44. The van der Waals surface area contributed by atoms with Crippen LogP contribution in [0.25, 0.3) is 0 Å². The zero-order chi connectivity index (χ0) is 13.8. The predicted octanol–water partition coefficient (Wildman–Crippen LogP) is 1.38. The summed E-state index contributed by atoms with van der Waals surface area (Å²) in [5, 5.41) is 4.07. The van der Waals surface area contributed by atoms with Crippen molar-refractivity contribution in [2.75, 3.05) is 6.54 Å². The molecule has 0 spiro atoms. The number of hydrogen-bond acceptors (Lipinski definition) is 3. The second kappa shape index (κ2) is 6.02. The maximum atomic E-state index is 12.5. The molecule has 19 heavy (non-hydrogen) atoms. The Kier molecular flexibility index (Phi) is 4.37. The van der Waals surface area contributed by atoms with Crippen molar-refractivity contribution in [2.24, 2.45) is 12.8 Å². The van der Waals surface area contributed by atoms with E-state index in [1.165, 1.54) is 12.8 Å². The summed E-state index contributed by atoms with van der Waals surface area (Å²) in [5.74, 6) is -0.0280. The van der Waals surface area contributed by atoms with Crippen LogP contribution in [0.1, 0.15) is 37.3 Å². The van der Waals surface area contributed by atoms with Crippen LogP contribution in [0.15, 0.2) is 25.0 Å². The van der Waals surface area contributed by atoms with E-state index in [1.54, 1.807) is 23.2 Å². The molecule has 1 aliphatic rings. The highest BCUT2D eigenvalue weighted by Crippen LogP contribution is 2.25. The van der Waals surface area contributed by atoms with Gasteiger partial charge in [0.2, 0.25) is 5.91 Å². The molecular formula is C14H22N4O. The first-order chi connectivity index (χ1) is 9.13. The number of aromatic nitrogens is 2. The molecule has 2 rings (SSSR count).